The summed E-state index contributed by atoms with van der Waals surface area (Å²) in [5.41, 5.74) is 3.04. The van der Waals surface area contributed by atoms with Gasteiger partial charge >= 0.3 is 6.18 Å². The summed E-state index contributed by atoms with van der Waals surface area (Å²) in [4.78, 5) is 5.66. The number of nitrogens with one attached hydrogen (secondary N) is 1. The molecule has 0 fully saturated rings. The van der Waals surface area contributed by atoms with Crippen molar-refractivity contribution in [3.8, 4) is 11.3 Å². The zero-order chi connectivity index (χ0) is 12.6. The highest BCUT2D eigenvalue weighted by Gasteiger charge is 2.34. The zero-order valence-electron chi connectivity index (χ0n) is 9.39. The maximum absolute atomic E-state index is 12.4. The summed E-state index contributed by atoms with van der Waals surface area (Å²) in [6.45, 7) is 3.74. The molecule has 0 saturated carbocycles. The first-order valence-electron chi connectivity index (χ1n) is 5.08. The van der Waals surface area contributed by atoms with Gasteiger partial charge < -0.3 is 4.98 Å². The lowest BCUT2D eigenvalue weighted by Gasteiger charge is -2.05. The van der Waals surface area contributed by atoms with E-state index in [9.17, 15) is 13.2 Å². The summed E-state index contributed by atoms with van der Waals surface area (Å²) in [5.74, 6) is -0.964. The molecular formula is C12H11F3N2. The number of hydrogen-bond acceptors (Lipinski definition) is 1. The van der Waals surface area contributed by atoms with Gasteiger partial charge in [-0.1, -0.05) is 17.7 Å². The average Bonchev–Trinajstić information content (AvgIpc) is 2.70. The van der Waals surface area contributed by atoms with Crippen LogP contribution in [0.1, 0.15) is 17.0 Å². The molecule has 1 N–H and O–H groups in total. The Balaban J connectivity index is 2.47. The first-order valence-corrected chi connectivity index (χ1v) is 5.08. The minimum absolute atomic E-state index is 0.388. The smallest absolute Gasteiger partial charge is 0.334 e. The van der Waals surface area contributed by atoms with Crippen molar-refractivity contribution in [3.05, 3.63) is 41.3 Å². The van der Waals surface area contributed by atoms with Crippen molar-refractivity contribution < 1.29 is 13.2 Å². The minimum Gasteiger partial charge on any atom is -0.334 e. The summed E-state index contributed by atoms with van der Waals surface area (Å²) in [6, 6.07) is 5.63. The highest BCUT2D eigenvalue weighted by atomic mass is 19.4. The Kier molecular flexibility index (Phi) is 2.69. The normalized spacial score (nSPS) is 11.8. The molecule has 1 aromatic heterocycles. The van der Waals surface area contributed by atoms with Crippen molar-refractivity contribution in [2.45, 2.75) is 20.0 Å². The maximum atomic E-state index is 12.4. The van der Waals surface area contributed by atoms with Crippen molar-refractivity contribution in [2.75, 3.05) is 0 Å². The minimum atomic E-state index is -4.43. The number of aryl methyl sites for hydroxylation is 2. The quantitative estimate of drug-likeness (QED) is 0.808. The number of H-pyrrole nitrogens is 1. The van der Waals surface area contributed by atoms with Gasteiger partial charge in [-0.3, -0.25) is 0 Å². The SMILES string of the molecule is Cc1ccc(C)c(-c2cnc(C(F)(F)F)[nH]2)c1. The van der Waals surface area contributed by atoms with E-state index in [1.165, 1.54) is 6.20 Å². The van der Waals surface area contributed by atoms with E-state index < -0.39 is 12.0 Å². The van der Waals surface area contributed by atoms with Crippen LogP contribution < -0.4 is 0 Å². The highest BCUT2D eigenvalue weighted by molar-refractivity contribution is 5.63. The molecule has 90 valence electrons. The van der Waals surface area contributed by atoms with E-state index in [2.05, 4.69) is 9.97 Å². The molecular weight excluding hydrogens is 229 g/mol. The Morgan fingerprint density at radius 2 is 1.88 bits per heavy atom. The third-order valence-corrected chi connectivity index (χ3v) is 2.53. The number of aromatic nitrogens is 2. The molecule has 17 heavy (non-hydrogen) atoms. The third-order valence-electron chi connectivity index (χ3n) is 2.53. The number of nitrogens with zero attached hydrogens (tertiary/aromatic N) is 1. The molecule has 1 aromatic carbocycles. The molecule has 0 saturated heterocycles. The van der Waals surface area contributed by atoms with Gasteiger partial charge in [0.1, 0.15) is 0 Å². The third kappa shape index (κ3) is 2.33. The molecule has 0 aliphatic carbocycles. The van der Waals surface area contributed by atoms with Crippen LogP contribution in [0.25, 0.3) is 11.3 Å². The van der Waals surface area contributed by atoms with Crippen LogP contribution in [0.5, 0.6) is 0 Å². The van der Waals surface area contributed by atoms with Gasteiger partial charge in [0.2, 0.25) is 5.82 Å². The predicted octanol–water partition coefficient (Wildman–Crippen LogP) is 3.71. The molecule has 2 rings (SSSR count). The monoisotopic (exact) mass is 240 g/mol. The largest absolute Gasteiger partial charge is 0.449 e. The van der Waals surface area contributed by atoms with Crippen LogP contribution >= 0.6 is 0 Å². The van der Waals surface area contributed by atoms with Crippen LogP contribution in [0.15, 0.2) is 24.4 Å². The van der Waals surface area contributed by atoms with Gasteiger partial charge in [-0.05, 0) is 25.5 Å². The summed E-state index contributed by atoms with van der Waals surface area (Å²) in [5, 5.41) is 0. The Labute approximate surface area is 96.5 Å². The van der Waals surface area contributed by atoms with E-state index in [4.69, 9.17) is 0 Å². The summed E-state index contributed by atoms with van der Waals surface area (Å²) >= 11 is 0. The van der Waals surface area contributed by atoms with Gasteiger partial charge in [0.25, 0.3) is 0 Å². The predicted molar refractivity (Wildman–Crippen MR) is 58.5 cm³/mol. The number of aromatic amines is 1. The molecule has 0 aliphatic heterocycles. The number of benzene rings is 1. The van der Waals surface area contributed by atoms with E-state index in [1.807, 2.05) is 32.0 Å². The molecule has 0 aliphatic rings. The van der Waals surface area contributed by atoms with Crippen molar-refractivity contribution in [1.82, 2.24) is 9.97 Å². The van der Waals surface area contributed by atoms with Gasteiger partial charge in [-0.2, -0.15) is 13.2 Å². The van der Waals surface area contributed by atoms with Crippen LogP contribution in [0.3, 0.4) is 0 Å². The maximum Gasteiger partial charge on any atom is 0.449 e. The Bertz CT molecular complexity index is 541. The number of alkyl halides is 3. The molecule has 0 bridgehead atoms. The number of halogens is 3. The van der Waals surface area contributed by atoms with Gasteiger partial charge in [-0.15, -0.1) is 0 Å². The summed E-state index contributed by atoms with van der Waals surface area (Å²) in [7, 11) is 0. The molecule has 2 aromatic rings. The Hall–Kier alpha value is -1.78. The molecule has 1 heterocycles. The zero-order valence-corrected chi connectivity index (χ0v) is 9.39. The fourth-order valence-electron chi connectivity index (χ4n) is 1.63. The Morgan fingerprint density at radius 3 is 2.47 bits per heavy atom. The lowest BCUT2D eigenvalue weighted by Crippen LogP contribution is -2.07. The average molecular weight is 240 g/mol. The molecule has 2 nitrogen and oxygen atoms in total. The number of rotatable bonds is 1. The van der Waals surface area contributed by atoms with Crippen LogP contribution in [0.2, 0.25) is 0 Å². The second-order valence-electron chi connectivity index (χ2n) is 3.96. The van der Waals surface area contributed by atoms with E-state index >= 15 is 0 Å². The molecule has 0 unspecified atom stereocenters. The lowest BCUT2D eigenvalue weighted by molar-refractivity contribution is -0.144. The molecule has 0 atom stereocenters. The number of imidazole rings is 1. The summed E-state index contributed by atoms with van der Waals surface area (Å²) < 4.78 is 37.2. The van der Waals surface area contributed by atoms with Crippen LogP contribution in [-0.2, 0) is 6.18 Å². The number of hydrogen-bond donors (Lipinski definition) is 1. The van der Waals surface area contributed by atoms with Crippen LogP contribution in [0.4, 0.5) is 13.2 Å². The fourth-order valence-corrected chi connectivity index (χ4v) is 1.63. The Morgan fingerprint density at radius 1 is 1.18 bits per heavy atom. The van der Waals surface area contributed by atoms with Gasteiger partial charge in [0.05, 0.1) is 11.9 Å². The fraction of sp³-hybridized carbons (Fsp3) is 0.250. The van der Waals surface area contributed by atoms with E-state index in [0.717, 1.165) is 16.7 Å². The second-order valence-corrected chi connectivity index (χ2v) is 3.96. The molecule has 0 spiro atoms. The first-order chi connectivity index (χ1) is 7.88. The molecule has 5 heteroatoms. The van der Waals surface area contributed by atoms with Crippen molar-refractivity contribution in [1.29, 1.82) is 0 Å². The van der Waals surface area contributed by atoms with Gasteiger partial charge in [0, 0.05) is 5.56 Å². The first kappa shape index (κ1) is 11.7. The summed E-state index contributed by atoms with van der Waals surface area (Å²) in [6.07, 6.45) is -3.22. The topological polar surface area (TPSA) is 28.7 Å². The standard InChI is InChI=1S/C12H11F3N2/c1-7-3-4-8(2)9(5-7)10-6-16-11(17-10)12(13,14)15/h3-6H,1-2H3,(H,16,17). The van der Waals surface area contributed by atoms with Crippen molar-refractivity contribution in [3.63, 3.8) is 0 Å². The van der Waals surface area contributed by atoms with Crippen molar-refractivity contribution >= 4 is 0 Å². The van der Waals surface area contributed by atoms with Crippen molar-refractivity contribution in [2.24, 2.45) is 0 Å². The highest BCUT2D eigenvalue weighted by Crippen LogP contribution is 2.30. The second kappa shape index (κ2) is 3.91. The van der Waals surface area contributed by atoms with Gasteiger partial charge in [0.15, 0.2) is 0 Å². The van der Waals surface area contributed by atoms with Crippen LogP contribution in [-0.4, -0.2) is 9.97 Å². The van der Waals surface area contributed by atoms with Gasteiger partial charge in [-0.25, -0.2) is 4.98 Å². The molecule has 0 radical (unpaired) electrons. The lowest BCUT2D eigenvalue weighted by atomic mass is 10.0. The molecule has 0 amide bonds. The van der Waals surface area contributed by atoms with E-state index in [0.29, 0.717) is 5.69 Å². The van der Waals surface area contributed by atoms with E-state index in [-0.39, 0.29) is 0 Å². The van der Waals surface area contributed by atoms with E-state index in [1.54, 1.807) is 0 Å². The van der Waals surface area contributed by atoms with Crippen LogP contribution in [0, 0.1) is 13.8 Å².